The zero-order chi connectivity index (χ0) is 12.1. The van der Waals surface area contributed by atoms with Gasteiger partial charge in [-0.05, 0) is 29.3 Å². The summed E-state index contributed by atoms with van der Waals surface area (Å²) in [4.78, 5) is 7.97. The van der Waals surface area contributed by atoms with Gasteiger partial charge in [0.1, 0.15) is 12.1 Å². The van der Waals surface area contributed by atoms with Crippen LogP contribution in [-0.2, 0) is 12.3 Å². The van der Waals surface area contributed by atoms with Gasteiger partial charge in [-0.25, -0.2) is 14.4 Å². The molecule has 3 nitrogen and oxygen atoms in total. The van der Waals surface area contributed by atoms with Gasteiger partial charge in [-0.15, -0.1) is 11.8 Å². The summed E-state index contributed by atoms with van der Waals surface area (Å²) in [5.74, 6) is 0.477. The van der Waals surface area contributed by atoms with E-state index >= 15 is 0 Å². The molecule has 0 radical (unpaired) electrons. The van der Waals surface area contributed by atoms with Gasteiger partial charge in [0, 0.05) is 18.5 Å². The molecule has 0 amide bonds. The fourth-order valence-electron chi connectivity index (χ4n) is 1.44. The number of nitrogens with zero attached hydrogens (tertiary/aromatic N) is 2. The van der Waals surface area contributed by atoms with E-state index in [1.807, 2.05) is 6.07 Å². The molecule has 0 spiro atoms. The Labute approximate surface area is 103 Å². The summed E-state index contributed by atoms with van der Waals surface area (Å²) in [7, 11) is 0. The highest BCUT2D eigenvalue weighted by Crippen LogP contribution is 2.22. The summed E-state index contributed by atoms with van der Waals surface area (Å²) in [5.41, 5.74) is 7.47. The minimum atomic E-state index is -0.249. The lowest BCUT2D eigenvalue weighted by molar-refractivity contribution is 0.624. The summed E-state index contributed by atoms with van der Waals surface area (Å²) in [6, 6.07) is 6.55. The van der Waals surface area contributed by atoms with Gasteiger partial charge in [-0.2, -0.15) is 0 Å². The monoisotopic (exact) mass is 249 g/mol. The zero-order valence-electron chi connectivity index (χ0n) is 9.14. The van der Waals surface area contributed by atoms with Crippen molar-refractivity contribution >= 4 is 11.8 Å². The molecule has 2 rings (SSSR count). The number of nitrogens with two attached hydrogens (primary N) is 1. The Kier molecular flexibility index (Phi) is 4.06. The quantitative estimate of drug-likeness (QED) is 0.667. The van der Waals surface area contributed by atoms with Crippen LogP contribution in [0, 0.1) is 5.82 Å². The van der Waals surface area contributed by atoms with Crippen LogP contribution in [0.4, 0.5) is 4.39 Å². The molecule has 17 heavy (non-hydrogen) atoms. The summed E-state index contributed by atoms with van der Waals surface area (Å²) < 4.78 is 13.0. The van der Waals surface area contributed by atoms with Gasteiger partial charge in [0.25, 0.3) is 0 Å². The number of thioether (sulfide) groups is 1. The summed E-state index contributed by atoms with van der Waals surface area (Å²) in [5, 5.41) is 0.896. The van der Waals surface area contributed by atoms with Crippen molar-refractivity contribution in [2.24, 2.45) is 5.73 Å². The van der Waals surface area contributed by atoms with Gasteiger partial charge in [-0.1, -0.05) is 6.07 Å². The first-order chi connectivity index (χ1) is 8.29. The second kappa shape index (κ2) is 5.75. The number of hydrogen-bond donors (Lipinski definition) is 1. The Bertz CT molecular complexity index is 490. The van der Waals surface area contributed by atoms with Crippen LogP contribution in [0.3, 0.4) is 0 Å². The highest BCUT2D eigenvalue weighted by atomic mass is 32.2. The van der Waals surface area contributed by atoms with Crippen molar-refractivity contribution in [3.05, 3.63) is 53.7 Å². The van der Waals surface area contributed by atoms with Gasteiger partial charge in [-0.3, -0.25) is 0 Å². The van der Waals surface area contributed by atoms with Crippen LogP contribution in [0.25, 0.3) is 0 Å². The molecule has 0 aliphatic carbocycles. The van der Waals surface area contributed by atoms with E-state index in [1.165, 1.54) is 18.5 Å². The Morgan fingerprint density at radius 2 is 2.12 bits per heavy atom. The number of rotatable bonds is 4. The molecular weight excluding hydrogens is 237 g/mol. The number of aromatic nitrogens is 2. The lowest BCUT2D eigenvalue weighted by Crippen LogP contribution is -2.01. The Balaban J connectivity index is 2.09. The van der Waals surface area contributed by atoms with Gasteiger partial charge in [0.15, 0.2) is 0 Å². The predicted octanol–water partition coefficient (Wildman–Crippen LogP) is 2.37. The van der Waals surface area contributed by atoms with Crippen LogP contribution in [0.5, 0.6) is 0 Å². The first-order valence-electron chi connectivity index (χ1n) is 5.16. The van der Waals surface area contributed by atoms with Gasteiger partial charge < -0.3 is 5.73 Å². The van der Waals surface area contributed by atoms with Crippen LogP contribution >= 0.6 is 11.8 Å². The maximum Gasteiger partial charge on any atom is 0.123 e. The largest absolute Gasteiger partial charge is 0.326 e. The minimum Gasteiger partial charge on any atom is -0.326 e. The van der Waals surface area contributed by atoms with Gasteiger partial charge in [0.05, 0.1) is 5.03 Å². The first kappa shape index (κ1) is 12.0. The summed E-state index contributed by atoms with van der Waals surface area (Å²) in [6.45, 7) is 0.345. The topological polar surface area (TPSA) is 51.8 Å². The molecule has 0 saturated heterocycles. The molecular formula is C12H12FN3S. The lowest BCUT2D eigenvalue weighted by atomic mass is 10.1. The lowest BCUT2D eigenvalue weighted by Gasteiger charge is -2.07. The fraction of sp³-hybridized carbons (Fsp3) is 0.167. The van der Waals surface area contributed by atoms with E-state index in [-0.39, 0.29) is 5.82 Å². The third-order valence-corrected chi connectivity index (χ3v) is 3.31. The van der Waals surface area contributed by atoms with Gasteiger partial charge in [0.2, 0.25) is 0 Å². The van der Waals surface area contributed by atoms with E-state index in [9.17, 15) is 4.39 Å². The number of halogens is 1. The molecule has 0 fully saturated rings. The average Bonchev–Trinajstić information content (AvgIpc) is 2.38. The smallest absolute Gasteiger partial charge is 0.123 e. The number of benzene rings is 1. The SMILES string of the molecule is NCc1cc(F)ccc1CSc1ccncn1. The minimum absolute atomic E-state index is 0.249. The Morgan fingerprint density at radius 3 is 2.82 bits per heavy atom. The molecule has 0 atom stereocenters. The molecule has 0 aliphatic heterocycles. The fourth-order valence-corrected chi connectivity index (χ4v) is 2.30. The molecule has 88 valence electrons. The molecule has 0 bridgehead atoms. The Hall–Kier alpha value is -1.46. The molecule has 2 N–H and O–H groups in total. The predicted molar refractivity (Wildman–Crippen MR) is 65.9 cm³/mol. The molecule has 5 heteroatoms. The van der Waals surface area contributed by atoms with E-state index < -0.39 is 0 Å². The molecule has 1 heterocycles. The van der Waals surface area contributed by atoms with Crippen LogP contribution < -0.4 is 5.73 Å². The second-order valence-electron chi connectivity index (χ2n) is 3.45. The van der Waals surface area contributed by atoms with E-state index in [0.29, 0.717) is 6.54 Å². The standard InChI is InChI=1S/C12H12FN3S/c13-11-2-1-9(10(5-11)6-14)7-17-12-3-4-15-8-16-12/h1-5,8H,6-7,14H2. The van der Waals surface area contributed by atoms with Crippen LogP contribution in [0.1, 0.15) is 11.1 Å². The van der Waals surface area contributed by atoms with E-state index in [0.717, 1.165) is 21.9 Å². The van der Waals surface area contributed by atoms with Crippen molar-refractivity contribution in [3.63, 3.8) is 0 Å². The van der Waals surface area contributed by atoms with Crippen LogP contribution in [-0.4, -0.2) is 9.97 Å². The van der Waals surface area contributed by atoms with Crippen LogP contribution in [0.15, 0.2) is 41.8 Å². The highest BCUT2D eigenvalue weighted by molar-refractivity contribution is 7.98. The normalized spacial score (nSPS) is 10.5. The van der Waals surface area contributed by atoms with Crippen molar-refractivity contribution in [1.29, 1.82) is 0 Å². The maximum atomic E-state index is 13.0. The van der Waals surface area contributed by atoms with E-state index in [2.05, 4.69) is 9.97 Å². The maximum absolute atomic E-state index is 13.0. The summed E-state index contributed by atoms with van der Waals surface area (Å²) >= 11 is 1.58. The zero-order valence-corrected chi connectivity index (χ0v) is 9.95. The molecule has 0 aliphatic rings. The molecule has 2 aromatic rings. The second-order valence-corrected chi connectivity index (χ2v) is 4.45. The number of hydrogen-bond acceptors (Lipinski definition) is 4. The third kappa shape index (κ3) is 3.25. The molecule has 0 saturated carbocycles. The van der Waals surface area contributed by atoms with Crippen molar-refractivity contribution in [3.8, 4) is 0 Å². The summed E-state index contributed by atoms with van der Waals surface area (Å²) in [6.07, 6.45) is 3.21. The van der Waals surface area contributed by atoms with E-state index in [1.54, 1.807) is 24.0 Å². The van der Waals surface area contributed by atoms with E-state index in [4.69, 9.17) is 5.73 Å². The highest BCUT2D eigenvalue weighted by Gasteiger charge is 2.04. The van der Waals surface area contributed by atoms with Gasteiger partial charge >= 0.3 is 0 Å². The van der Waals surface area contributed by atoms with Crippen LogP contribution in [0.2, 0.25) is 0 Å². The molecule has 0 unspecified atom stereocenters. The van der Waals surface area contributed by atoms with Crippen molar-refractivity contribution in [2.75, 3.05) is 0 Å². The molecule has 1 aromatic heterocycles. The molecule has 1 aromatic carbocycles. The first-order valence-corrected chi connectivity index (χ1v) is 6.14. The van der Waals surface area contributed by atoms with Crippen molar-refractivity contribution in [1.82, 2.24) is 9.97 Å². The average molecular weight is 249 g/mol. The van der Waals surface area contributed by atoms with Crippen molar-refractivity contribution < 1.29 is 4.39 Å². The third-order valence-electron chi connectivity index (χ3n) is 2.32. The van der Waals surface area contributed by atoms with Crippen molar-refractivity contribution in [2.45, 2.75) is 17.3 Å². The Morgan fingerprint density at radius 1 is 1.24 bits per heavy atom.